The largest absolute Gasteiger partial charge is 0.478 e. The topological polar surface area (TPSA) is 83.7 Å². The quantitative estimate of drug-likeness (QED) is 0.426. The number of fused-ring (bicyclic) bond motifs is 1. The maximum absolute atomic E-state index is 12.7. The van der Waals surface area contributed by atoms with E-state index in [0.717, 1.165) is 22.1 Å². The molecular formula is C22H16ClN3O3S. The van der Waals surface area contributed by atoms with E-state index in [-0.39, 0.29) is 10.8 Å². The fourth-order valence-electron chi connectivity index (χ4n) is 3.02. The average Bonchev–Trinajstić information content (AvgIpc) is 3.39. The Hall–Kier alpha value is -3.42. The van der Waals surface area contributed by atoms with Crippen molar-refractivity contribution in [2.45, 2.75) is 6.54 Å². The molecule has 150 valence electrons. The van der Waals surface area contributed by atoms with Crippen molar-refractivity contribution in [1.82, 2.24) is 14.7 Å². The van der Waals surface area contributed by atoms with Gasteiger partial charge >= 0.3 is 5.97 Å². The van der Waals surface area contributed by atoms with E-state index >= 15 is 0 Å². The fraction of sp³-hybridized carbons (Fsp3) is 0.0455. The van der Waals surface area contributed by atoms with Gasteiger partial charge in [-0.05, 0) is 34.7 Å². The second-order valence-corrected chi connectivity index (χ2v) is 7.82. The molecule has 0 aliphatic rings. The molecule has 1 aromatic carbocycles. The number of imidazole rings is 1. The predicted octanol–water partition coefficient (Wildman–Crippen LogP) is 4.74. The van der Waals surface area contributed by atoms with Crippen molar-refractivity contribution < 1.29 is 14.7 Å². The molecule has 0 unspecified atom stereocenters. The number of rotatable bonds is 6. The van der Waals surface area contributed by atoms with Crippen LogP contribution in [0.1, 0.15) is 20.9 Å². The van der Waals surface area contributed by atoms with Crippen LogP contribution >= 0.6 is 22.9 Å². The van der Waals surface area contributed by atoms with Crippen LogP contribution in [0, 0.1) is 0 Å². The van der Waals surface area contributed by atoms with Crippen LogP contribution in [0.15, 0.2) is 66.2 Å². The summed E-state index contributed by atoms with van der Waals surface area (Å²) >= 11 is 8.05. The Kier molecular flexibility index (Phi) is 5.65. The van der Waals surface area contributed by atoms with E-state index < -0.39 is 11.9 Å². The van der Waals surface area contributed by atoms with Crippen LogP contribution in [0.5, 0.6) is 0 Å². The molecular weight excluding hydrogens is 422 g/mol. The number of hydrogen-bond acceptors (Lipinski definition) is 4. The molecule has 1 amide bonds. The van der Waals surface area contributed by atoms with E-state index in [1.54, 1.807) is 21.9 Å². The predicted molar refractivity (Wildman–Crippen MR) is 118 cm³/mol. The second-order valence-electron chi connectivity index (χ2n) is 6.43. The van der Waals surface area contributed by atoms with Gasteiger partial charge in [0.25, 0.3) is 5.91 Å². The van der Waals surface area contributed by atoms with Gasteiger partial charge in [-0.3, -0.25) is 9.20 Å². The van der Waals surface area contributed by atoms with Crippen LogP contribution in [0.3, 0.4) is 0 Å². The lowest BCUT2D eigenvalue weighted by Gasteiger charge is -2.06. The summed E-state index contributed by atoms with van der Waals surface area (Å²) in [5, 5.41) is 14.0. The maximum atomic E-state index is 12.7. The van der Waals surface area contributed by atoms with E-state index in [1.165, 1.54) is 6.08 Å². The number of nitrogens with zero attached hydrogens (tertiary/aromatic N) is 2. The van der Waals surface area contributed by atoms with Crippen LogP contribution in [0.4, 0.5) is 0 Å². The minimum absolute atomic E-state index is 0.0865. The third kappa shape index (κ3) is 4.12. The van der Waals surface area contributed by atoms with E-state index in [2.05, 4.69) is 10.3 Å². The fourth-order valence-corrected chi connectivity index (χ4v) is 3.93. The Balaban J connectivity index is 1.78. The van der Waals surface area contributed by atoms with Crippen LogP contribution in [0.25, 0.3) is 22.9 Å². The van der Waals surface area contributed by atoms with Crippen molar-refractivity contribution in [1.29, 1.82) is 0 Å². The van der Waals surface area contributed by atoms with Crippen molar-refractivity contribution in [2.24, 2.45) is 0 Å². The summed E-state index contributed by atoms with van der Waals surface area (Å²) in [6.45, 7) is 0.377. The number of carboxylic acids is 1. The molecule has 0 spiro atoms. The lowest BCUT2D eigenvalue weighted by Crippen LogP contribution is -2.23. The van der Waals surface area contributed by atoms with Crippen LogP contribution < -0.4 is 5.32 Å². The van der Waals surface area contributed by atoms with Crippen molar-refractivity contribution in [3.05, 3.63) is 87.5 Å². The highest BCUT2D eigenvalue weighted by Crippen LogP contribution is 2.28. The Morgan fingerprint density at radius 2 is 1.97 bits per heavy atom. The molecule has 0 aliphatic carbocycles. The molecule has 0 saturated carbocycles. The molecule has 0 radical (unpaired) electrons. The number of carboxylic acid groups (broad SMARTS) is 1. The zero-order valence-electron chi connectivity index (χ0n) is 15.6. The Morgan fingerprint density at radius 3 is 2.67 bits per heavy atom. The third-order valence-corrected chi connectivity index (χ3v) is 5.66. The minimum Gasteiger partial charge on any atom is -0.478 e. The number of pyridine rings is 1. The lowest BCUT2D eigenvalue weighted by atomic mass is 10.1. The van der Waals surface area contributed by atoms with Gasteiger partial charge < -0.3 is 10.4 Å². The Morgan fingerprint density at radius 1 is 1.17 bits per heavy atom. The summed E-state index contributed by atoms with van der Waals surface area (Å²) in [6.07, 6.45) is 4.26. The Bertz CT molecular complexity index is 1250. The summed E-state index contributed by atoms with van der Waals surface area (Å²) in [6, 6.07) is 15.3. The molecule has 4 rings (SSSR count). The smallest absolute Gasteiger partial charge is 0.328 e. The summed E-state index contributed by atoms with van der Waals surface area (Å²) < 4.78 is 1.60. The zero-order valence-corrected chi connectivity index (χ0v) is 17.2. The molecule has 0 saturated heterocycles. The van der Waals surface area contributed by atoms with E-state index in [4.69, 9.17) is 16.7 Å². The number of hydrogen-bond donors (Lipinski definition) is 2. The van der Waals surface area contributed by atoms with Gasteiger partial charge in [0.1, 0.15) is 10.8 Å². The molecule has 3 aromatic heterocycles. The van der Waals surface area contributed by atoms with E-state index in [0.29, 0.717) is 17.8 Å². The summed E-state index contributed by atoms with van der Waals surface area (Å²) in [7, 11) is 0. The van der Waals surface area contributed by atoms with Gasteiger partial charge in [-0.1, -0.05) is 48.0 Å². The van der Waals surface area contributed by atoms with Crippen molar-refractivity contribution in [3.63, 3.8) is 0 Å². The first-order chi connectivity index (χ1) is 14.5. The number of carbonyl (C=O) groups excluding carboxylic acids is 1. The average molecular weight is 438 g/mol. The molecule has 0 aliphatic heterocycles. The molecule has 6 nitrogen and oxygen atoms in total. The number of carbonyl (C=O) groups is 2. The normalized spacial score (nSPS) is 11.2. The number of benzene rings is 1. The molecule has 2 N–H and O–H groups in total. The number of halogens is 1. The van der Waals surface area contributed by atoms with Gasteiger partial charge in [0, 0.05) is 22.7 Å². The maximum Gasteiger partial charge on any atom is 0.328 e. The highest BCUT2D eigenvalue weighted by molar-refractivity contribution is 7.09. The lowest BCUT2D eigenvalue weighted by molar-refractivity contribution is -0.131. The molecule has 0 fully saturated rings. The monoisotopic (exact) mass is 437 g/mol. The van der Waals surface area contributed by atoms with Crippen molar-refractivity contribution >= 4 is 46.5 Å². The molecule has 4 aromatic rings. The van der Waals surface area contributed by atoms with E-state index in [1.807, 2.05) is 53.9 Å². The highest BCUT2D eigenvalue weighted by atomic mass is 35.5. The van der Waals surface area contributed by atoms with Crippen LogP contribution in [0.2, 0.25) is 5.15 Å². The third-order valence-electron chi connectivity index (χ3n) is 4.42. The summed E-state index contributed by atoms with van der Waals surface area (Å²) in [5.41, 5.74) is 2.77. The standard InChI is InChI=1S/C22H16ClN3O3S/c23-20-19(22(29)24-12-17-7-4-10-30-17)25-21-15(8-9-18(27)28)11-16(13-26(20)21)14-5-2-1-3-6-14/h1-11,13H,12H2,(H,24,29)(H,27,28). The molecule has 30 heavy (non-hydrogen) atoms. The number of aromatic nitrogens is 2. The van der Waals surface area contributed by atoms with Crippen LogP contribution in [-0.2, 0) is 11.3 Å². The molecule has 3 heterocycles. The zero-order chi connectivity index (χ0) is 21.1. The van der Waals surface area contributed by atoms with Gasteiger partial charge in [-0.25, -0.2) is 9.78 Å². The first kappa shape index (κ1) is 19.9. The van der Waals surface area contributed by atoms with Crippen molar-refractivity contribution in [2.75, 3.05) is 0 Å². The number of aliphatic carboxylic acids is 1. The number of amides is 1. The Labute approximate surface area is 181 Å². The molecule has 0 bridgehead atoms. The first-order valence-corrected chi connectivity index (χ1v) is 10.3. The highest BCUT2D eigenvalue weighted by Gasteiger charge is 2.20. The summed E-state index contributed by atoms with van der Waals surface area (Å²) in [4.78, 5) is 29.1. The first-order valence-electron chi connectivity index (χ1n) is 9.01. The van der Waals surface area contributed by atoms with Gasteiger partial charge in [0.15, 0.2) is 5.69 Å². The minimum atomic E-state index is -1.08. The summed E-state index contributed by atoms with van der Waals surface area (Å²) in [5.74, 6) is -1.48. The van der Waals surface area contributed by atoms with Gasteiger partial charge in [0.2, 0.25) is 0 Å². The number of thiophene rings is 1. The van der Waals surface area contributed by atoms with Crippen molar-refractivity contribution in [3.8, 4) is 11.1 Å². The second kappa shape index (κ2) is 8.52. The van der Waals surface area contributed by atoms with Gasteiger partial charge in [-0.15, -0.1) is 11.3 Å². The van der Waals surface area contributed by atoms with Gasteiger partial charge in [0.05, 0.1) is 6.54 Å². The SMILES string of the molecule is O=C(O)C=Cc1cc(-c2ccccc2)cn2c(Cl)c(C(=O)NCc3cccs3)nc12. The number of nitrogens with one attached hydrogen (secondary N) is 1. The van der Waals surface area contributed by atoms with E-state index in [9.17, 15) is 9.59 Å². The van der Waals surface area contributed by atoms with Gasteiger partial charge in [-0.2, -0.15) is 0 Å². The molecule has 8 heteroatoms. The molecule has 0 atom stereocenters. The van der Waals surface area contributed by atoms with Crippen LogP contribution in [-0.4, -0.2) is 26.4 Å².